The van der Waals surface area contributed by atoms with Crippen LogP contribution in [0.3, 0.4) is 0 Å². The van der Waals surface area contributed by atoms with Gasteiger partial charge in [0.1, 0.15) is 0 Å². The molecule has 0 amide bonds. The minimum Gasteiger partial charge on any atom is -0.380 e. The number of nitrogens with one attached hydrogen (secondary N) is 1. The van der Waals surface area contributed by atoms with E-state index in [0.717, 1.165) is 39.1 Å². The number of thiophene rings is 1. The summed E-state index contributed by atoms with van der Waals surface area (Å²) in [6.07, 6.45) is 2.19. The van der Waals surface area contributed by atoms with Crippen LogP contribution in [0.25, 0.3) is 0 Å². The van der Waals surface area contributed by atoms with E-state index in [9.17, 15) is 0 Å². The summed E-state index contributed by atoms with van der Waals surface area (Å²) >= 11 is 1.85. The minimum atomic E-state index is 0.791. The monoisotopic (exact) mass is 289 g/mol. The highest BCUT2D eigenvalue weighted by molar-refractivity contribution is 7.11. The topological polar surface area (TPSA) is 21.3 Å². The Hall–Kier alpha value is -1.16. The average molecular weight is 289 g/mol. The lowest BCUT2D eigenvalue weighted by atomic mass is 10.1. The van der Waals surface area contributed by atoms with Crippen molar-refractivity contribution in [3.05, 3.63) is 57.8 Å². The van der Waals surface area contributed by atoms with Crippen molar-refractivity contribution in [1.82, 2.24) is 5.32 Å². The maximum absolute atomic E-state index is 5.64. The van der Waals surface area contributed by atoms with Crippen LogP contribution in [-0.4, -0.2) is 19.8 Å². The lowest BCUT2D eigenvalue weighted by molar-refractivity contribution is 0.133. The van der Waals surface area contributed by atoms with Crippen LogP contribution < -0.4 is 5.32 Å². The van der Waals surface area contributed by atoms with Crippen LogP contribution in [-0.2, 0) is 17.7 Å². The normalized spacial score (nSPS) is 10.8. The van der Waals surface area contributed by atoms with Gasteiger partial charge in [-0.1, -0.05) is 30.3 Å². The summed E-state index contributed by atoms with van der Waals surface area (Å²) in [5.41, 5.74) is 1.39. The standard InChI is InChI=1S/C17H23NOS/c1-15-9-10-17(20-15)14-18-11-13-19-12-5-8-16-6-3-2-4-7-16/h2-4,6-7,9-10,18H,5,8,11-14H2,1H3. The summed E-state index contributed by atoms with van der Waals surface area (Å²) in [5, 5.41) is 3.41. The van der Waals surface area contributed by atoms with Gasteiger partial charge in [0.15, 0.2) is 0 Å². The van der Waals surface area contributed by atoms with E-state index in [0.29, 0.717) is 0 Å². The summed E-state index contributed by atoms with van der Waals surface area (Å²) in [4.78, 5) is 2.77. The fourth-order valence-electron chi connectivity index (χ4n) is 2.06. The van der Waals surface area contributed by atoms with Gasteiger partial charge in [-0.15, -0.1) is 11.3 Å². The second-order valence-corrected chi connectivity index (χ2v) is 6.26. The van der Waals surface area contributed by atoms with Crippen molar-refractivity contribution in [2.45, 2.75) is 26.3 Å². The third-order valence-electron chi connectivity index (χ3n) is 3.12. The molecule has 1 aromatic carbocycles. The van der Waals surface area contributed by atoms with Crippen LogP contribution in [0, 0.1) is 6.92 Å². The van der Waals surface area contributed by atoms with Gasteiger partial charge >= 0.3 is 0 Å². The molecule has 0 saturated heterocycles. The summed E-state index contributed by atoms with van der Waals surface area (Å²) in [5.74, 6) is 0. The van der Waals surface area contributed by atoms with Crippen LogP contribution >= 0.6 is 11.3 Å². The Labute approximate surface area is 125 Å². The lowest BCUT2D eigenvalue weighted by Gasteiger charge is -2.05. The van der Waals surface area contributed by atoms with Gasteiger partial charge in [0, 0.05) is 29.5 Å². The smallest absolute Gasteiger partial charge is 0.0591 e. The second kappa shape index (κ2) is 8.90. The van der Waals surface area contributed by atoms with Gasteiger partial charge in [0.05, 0.1) is 6.61 Å². The van der Waals surface area contributed by atoms with Crippen LogP contribution in [0.15, 0.2) is 42.5 Å². The molecule has 0 aliphatic rings. The first-order valence-corrected chi connectivity index (χ1v) is 8.04. The van der Waals surface area contributed by atoms with Gasteiger partial charge in [0.25, 0.3) is 0 Å². The van der Waals surface area contributed by atoms with Crippen molar-refractivity contribution in [2.75, 3.05) is 19.8 Å². The molecule has 0 unspecified atom stereocenters. The molecular formula is C17H23NOS. The Kier molecular flexibility index (Phi) is 6.78. The fourth-order valence-corrected chi connectivity index (χ4v) is 2.92. The molecule has 0 aliphatic carbocycles. The Morgan fingerprint density at radius 1 is 1.05 bits per heavy atom. The van der Waals surface area contributed by atoms with Crippen LogP contribution in [0.5, 0.6) is 0 Å². The minimum absolute atomic E-state index is 0.791. The second-order valence-electron chi connectivity index (χ2n) is 4.89. The molecule has 3 heteroatoms. The molecule has 1 heterocycles. The molecule has 0 spiro atoms. The highest BCUT2D eigenvalue weighted by atomic mass is 32.1. The zero-order valence-corrected chi connectivity index (χ0v) is 12.9. The highest BCUT2D eigenvalue weighted by Gasteiger charge is 1.96. The van der Waals surface area contributed by atoms with E-state index < -0.39 is 0 Å². The van der Waals surface area contributed by atoms with Gasteiger partial charge < -0.3 is 10.1 Å². The third-order valence-corrected chi connectivity index (χ3v) is 4.12. The van der Waals surface area contributed by atoms with Crippen molar-refractivity contribution in [3.63, 3.8) is 0 Å². The first-order chi connectivity index (χ1) is 9.84. The quantitative estimate of drug-likeness (QED) is 0.709. The first kappa shape index (κ1) is 15.2. The molecule has 108 valence electrons. The van der Waals surface area contributed by atoms with Crippen molar-refractivity contribution >= 4 is 11.3 Å². The fraction of sp³-hybridized carbons (Fsp3) is 0.412. The zero-order valence-electron chi connectivity index (χ0n) is 12.1. The number of hydrogen-bond donors (Lipinski definition) is 1. The summed E-state index contributed by atoms with van der Waals surface area (Å²) in [6.45, 7) is 5.64. The van der Waals surface area contributed by atoms with E-state index in [4.69, 9.17) is 4.74 Å². The largest absolute Gasteiger partial charge is 0.380 e. The van der Waals surface area contributed by atoms with Crippen molar-refractivity contribution in [1.29, 1.82) is 0 Å². The summed E-state index contributed by atoms with van der Waals surface area (Å²) in [6, 6.07) is 14.9. The molecule has 2 nitrogen and oxygen atoms in total. The van der Waals surface area contributed by atoms with Crippen LogP contribution in [0.4, 0.5) is 0 Å². The molecule has 0 fully saturated rings. The molecule has 0 radical (unpaired) electrons. The maximum Gasteiger partial charge on any atom is 0.0591 e. The SMILES string of the molecule is Cc1ccc(CNCCOCCCc2ccccc2)s1. The Morgan fingerprint density at radius 2 is 1.90 bits per heavy atom. The molecule has 2 aromatic rings. The predicted octanol–water partition coefficient (Wildman–Crippen LogP) is 3.80. The lowest BCUT2D eigenvalue weighted by Crippen LogP contribution is -2.19. The van der Waals surface area contributed by atoms with E-state index in [1.165, 1.54) is 15.3 Å². The highest BCUT2D eigenvalue weighted by Crippen LogP contribution is 2.14. The Morgan fingerprint density at radius 3 is 2.65 bits per heavy atom. The van der Waals surface area contributed by atoms with Crippen LogP contribution in [0.2, 0.25) is 0 Å². The predicted molar refractivity (Wildman–Crippen MR) is 86.3 cm³/mol. The maximum atomic E-state index is 5.64. The molecule has 20 heavy (non-hydrogen) atoms. The van der Waals surface area contributed by atoms with E-state index in [1.807, 2.05) is 11.3 Å². The van der Waals surface area contributed by atoms with Gasteiger partial charge in [-0.3, -0.25) is 0 Å². The van der Waals surface area contributed by atoms with Crippen molar-refractivity contribution < 1.29 is 4.74 Å². The molecule has 0 bridgehead atoms. The van der Waals surface area contributed by atoms with Crippen molar-refractivity contribution in [2.24, 2.45) is 0 Å². The Bertz CT molecular complexity index is 481. The third kappa shape index (κ3) is 5.87. The molecular weight excluding hydrogens is 266 g/mol. The number of benzene rings is 1. The number of aryl methyl sites for hydroxylation is 2. The summed E-state index contributed by atoms with van der Waals surface area (Å²) < 4.78 is 5.64. The number of rotatable bonds is 9. The molecule has 1 aromatic heterocycles. The van der Waals surface area contributed by atoms with E-state index in [1.54, 1.807) is 0 Å². The Balaban J connectivity index is 1.44. The first-order valence-electron chi connectivity index (χ1n) is 7.22. The van der Waals surface area contributed by atoms with E-state index in [2.05, 4.69) is 54.7 Å². The average Bonchev–Trinajstić information content (AvgIpc) is 2.88. The van der Waals surface area contributed by atoms with E-state index >= 15 is 0 Å². The summed E-state index contributed by atoms with van der Waals surface area (Å²) in [7, 11) is 0. The van der Waals surface area contributed by atoms with E-state index in [-0.39, 0.29) is 0 Å². The number of hydrogen-bond acceptors (Lipinski definition) is 3. The van der Waals surface area contributed by atoms with Crippen molar-refractivity contribution in [3.8, 4) is 0 Å². The molecule has 2 rings (SSSR count). The van der Waals surface area contributed by atoms with Gasteiger partial charge in [-0.2, -0.15) is 0 Å². The van der Waals surface area contributed by atoms with Gasteiger partial charge in [0.2, 0.25) is 0 Å². The van der Waals surface area contributed by atoms with Gasteiger partial charge in [-0.05, 0) is 37.5 Å². The van der Waals surface area contributed by atoms with Gasteiger partial charge in [-0.25, -0.2) is 0 Å². The molecule has 0 saturated carbocycles. The van der Waals surface area contributed by atoms with Crippen LogP contribution in [0.1, 0.15) is 21.7 Å². The number of ether oxygens (including phenoxy) is 1. The molecule has 1 N–H and O–H groups in total. The molecule has 0 aliphatic heterocycles. The molecule has 0 atom stereocenters. The zero-order chi connectivity index (χ0) is 14.0.